The number of hydrogen-bond acceptors (Lipinski definition) is 4. The highest BCUT2D eigenvalue weighted by Crippen LogP contribution is 2.20. The largest absolute Gasteiger partial charge is 0.394 e. The molecule has 7 heteroatoms. The van der Waals surface area contributed by atoms with Gasteiger partial charge in [-0.25, -0.2) is 13.2 Å². The fraction of sp³-hybridized carbons (Fsp3) is 0.364. The lowest BCUT2D eigenvalue weighted by Crippen LogP contribution is -2.38. The van der Waals surface area contributed by atoms with Crippen LogP contribution < -0.4 is 10.6 Å². The maximum atomic E-state index is 11.5. The number of amides is 2. The van der Waals surface area contributed by atoms with Crippen LogP contribution in [0.15, 0.2) is 29.2 Å². The van der Waals surface area contributed by atoms with Crippen molar-refractivity contribution >= 4 is 21.6 Å². The molecule has 0 unspecified atom stereocenters. The Bertz CT molecular complexity index is 528. The molecule has 1 aromatic rings. The second-order valence-electron chi connectivity index (χ2n) is 3.95. The van der Waals surface area contributed by atoms with Crippen LogP contribution in [0.5, 0.6) is 0 Å². The molecule has 0 aliphatic heterocycles. The predicted octanol–water partition coefficient (Wildman–Crippen LogP) is 0.592. The second kappa shape index (κ2) is 5.83. The minimum Gasteiger partial charge on any atom is -0.394 e. The Morgan fingerprint density at radius 3 is 2.56 bits per heavy atom. The lowest BCUT2D eigenvalue weighted by atomic mass is 10.3. The fourth-order valence-corrected chi connectivity index (χ4v) is 2.17. The zero-order valence-electron chi connectivity index (χ0n) is 10.2. The van der Waals surface area contributed by atoms with E-state index >= 15 is 0 Å². The number of sulfone groups is 1. The Labute approximate surface area is 106 Å². The number of rotatable bonds is 4. The average Bonchev–Trinajstić information content (AvgIpc) is 2.27. The van der Waals surface area contributed by atoms with Gasteiger partial charge in [0.15, 0.2) is 9.84 Å². The van der Waals surface area contributed by atoms with Gasteiger partial charge in [-0.2, -0.15) is 0 Å². The van der Waals surface area contributed by atoms with Crippen LogP contribution in [-0.2, 0) is 9.84 Å². The number of urea groups is 1. The molecule has 0 spiro atoms. The maximum Gasteiger partial charge on any atom is 0.319 e. The zero-order valence-corrected chi connectivity index (χ0v) is 11.0. The summed E-state index contributed by atoms with van der Waals surface area (Å²) in [6.45, 7) is 1.43. The molecule has 1 aromatic carbocycles. The summed E-state index contributed by atoms with van der Waals surface area (Å²) in [5.41, 5.74) is 0.211. The van der Waals surface area contributed by atoms with Crippen LogP contribution in [0.3, 0.4) is 0 Å². The fourth-order valence-electron chi connectivity index (χ4n) is 1.32. The van der Waals surface area contributed by atoms with E-state index in [2.05, 4.69) is 10.6 Å². The number of nitrogens with one attached hydrogen (secondary N) is 2. The molecule has 1 rings (SSSR count). The van der Waals surface area contributed by atoms with Gasteiger partial charge in [-0.3, -0.25) is 0 Å². The van der Waals surface area contributed by atoms with E-state index in [1.54, 1.807) is 19.1 Å². The molecular formula is C11H16N2O4S. The van der Waals surface area contributed by atoms with Crippen molar-refractivity contribution in [1.29, 1.82) is 0 Å². The third-order valence-corrected chi connectivity index (χ3v) is 3.34. The number of aliphatic hydroxyl groups is 1. The van der Waals surface area contributed by atoms with Gasteiger partial charge in [0.1, 0.15) is 0 Å². The SMILES string of the molecule is C[C@H](CO)NC(=O)Nc1ccccc1S(C)(=O)=O. The Hall–Kier alpha value is -1.60. The molecule has 0 heterocycles. The monoisotopic (exact) mass is 272 g/mol. The summed E-state index contributed by atoms with van der Waals surface area (Å²) >= 11 is 0. The van der Waals surface area contributed by atoms with Gasteiger partial charge < -0.3 is 15.7 Å². The Morgan fingerprint density at radius 1 is 1.39 bits per heavy atom. The van der Waals surface area contributed by atoms with Crippen molar-refractivity contribution in [1.82, 2.24) is 5.32 Å². The topological polar surface area (TPSA) is 95.5 Å². The molecule has 0 bridgehead atoms. The molecule has 0 saturated heterocycles. The number of para-hydroxylation sites is 1. The summed E-state index contributed by atoms with van der Waals surface area (Å²) < 4.78 is 23.0. The van der Waals surface area contributed by atoms with Crippen LogP contribution in [0.1, 0.15) is 6.92 Å². The van der Waals surface area contributed by atoms with Crippen LogP contribution >= 0.6 is 0 Å². The molecule has 0 radical (unpaired) electrons. The quantitative estimate of drug-likeness (QED) is 0.747. The number of anilines is 1. The molecule has 0 aromatic heterocycles. The normalized spacial score (nSPS) is 12.8. The van der Waals surface area contributed by atoms with Crippen molar-refractivity contribution in [3.05, 3.63) is 24.3 Å². The van der Waals surface area contributed by atoms with Crippen molar-refractivity contribution in [3.63, 3.8) is 0 Å². The van der Waals surface area contributed by atoms with Crippen LogP contribution in [0.2, 0.25) is 0 Å². The average molecular weight is 272 g/mol. The van der Waals surface area contributed by atoms with Crippen LogP contribution in [0.25, 0.3) is 0 Å². The minimum absolute atomic E-state index is 0.0526. The number of hydrogen-bond donors (Lipinski definition) is 3. The molecule has 6 nitrogen and oxygen atoms in total. The number of aliphatic hydroxyl groups excluding tert-OH is 1. The van der Waals surface area contributed by atoms with Crippen LogP contribution in [0, 0.1) is 0 Å². The van der Waals surface area contributed by atoms with E-state index in [0.29, 0.717) is 0 Å². The van der Waals surface area contributed by atoms with E-state index in [-0.39, 0.29) is 17.2 Å². The van der Waals surface area contributed by atoms with Gasteiger partial charge in [0.05, 0.1) is 23.2 Å². The molecule has 0 aliphatic carbocycles. The van der Waals surface area contributed by atoms with Crippen molar-refractivity contribution < 1.29 is 18.3 Å². The molecule has 3 N–H and O–H groups in total. The summed E-state index contributed by atoms with van der Waals surface area (Å²) in [5.74, 6) is 0. The summed E-state index contributed by atoms with van der Waals surface area (Å²) in [7, 11) is -3.41. The summed E-state index contributed by atoms with van der Waals surface area (Å²) in [6.07, 6.45) is 1.07. The standard InChI is InChI=1S/C11H16N2O4S/c1-8(7-14)12-11(15)13-9-5-3-4-6-10(9)18(2,16)17/h3-6,8,14H,7H2,1-2H3,(H2,12,13,15)/t8-/m1/s1. The van der Waals surface area contributed by atoms with E-state index in [9.17, 15) is 13.2 Å². The maximum absolute atomic E-state index is 11.5. The first kappa shape index (κ1) is 14.5. The van der Waals surface area contributed by atoms with E-state index in [1.807, 2.05) is 0 Å². The van der Waals surface area contributed by atoms with Crippen LogP contribution in [0.4, 0.5) is 10.5 Å². The lowest BCUT2D eigenvalue weighted by molar-refractivity contribution is 0.229. The van der Waals surface area contributed by atoms with Crippen molar-refractivity contribution in [2.75, 3.05) is 18.2 Å². The Morgan fingerprint density at radius 2 is 2.00 bits per heavy atom. The van der Waals surface area contributed by atoms with Gasteiger partial charge >= 0.3 is 6.03 Å². The number of benzene rings is 1. The second-order valence-corrected chi connectivity index (χ2v) is 5.93. The molecule has 18 heavy (non-hydrogen) atoms. The van der Waals surface area contributed by atoms with Crippen LogP contribution in [-0.4, -0.2) is 38.5 Å². The minimum atomic E-state index is -3.41. The van der Waals surface area contributed by atoms with Gasteiger partial charge in [0, 0.05) is 6.26 Å². The van der Waals surface area contributed by atoms with E-state index in [1.165, 1.54) is 12.1 Å². The number of carbonyl (C=O) groups excluding carboxylic acids is 1. The van der Waals surface area contributed by atoms with E-state index in [0.717, 1.165) is 6.26 Å². The highest BCUT2D eigenvalue weighted by Gasteiger charge is 2.14. The first-order chi connectivity index (χ1) is 8.34. The molecule has 1 atom stereocenters. The Kier molecular flexibility index (Phi) is 4.69. The third kappa shape index (κ3) is 4.01. The van der Waals surface area contributed by atoms with Gasteiger partial charge in [-0.1, -0.05) is 12.1 Å². The van der Waals surface area contributed by atoms with Crippen molar-refractivity contribution in [3.8, 4) is 0 Å². The van der Waals surface area contributed by atoms with Gasteiger partial charge in [0.2, 0.25) is 0 Å². The first-order valence-corrected chi connectivity index (χ1v) is 7.21. The molecular weight excluding hydrogens is 256 g/mol. The lowest BCUT2D eigenvalue weighted by Gasteiger charge is -2.13. The van der Waals surface area contributed by atoms with Gasteiger partial charge in [-0.15, -0.1) is 0 Å². The molecule has 0 saturated carbocycles. The van der Waals surface area contributed by atoms with E-state index in [4.69, 9.17) is 5.11 Å². The zero-order chi connectivity index (χ0) is 13.8. The first-order valence-electron chi connectivity index (χ1n) is 5.32. The molecule has 0 aliphatic rings. The molecule has 2 amide bonds. The number of carbonyl (C=O) groups is 1. The van der Waals surface area contributed by atoms with E-state index < -0.39 is 21.9 Å². The summed E-state index contributed by atoms with van der Waals surface area (Å²) in [4.78, 5) is 11.6. The molecule has 0 fully saturated rings. The van der Waals surface area contributed by atoms with Gasteiger partial charge in [0.25, 0.3) is 0 Å². The van der Waals surface area contributed by atoms with Crippen molar-refractivity contribution in [2.45, 2.75) is 17.9 Å². The third-order valence-electron chi connectivity index (χ3n) is 2.19. The molecule has 100 valence electrons. The Balaban J connectivity index is 2.89. The predicted molar refractivity (Wildman–Crippen MR) is 68.3 cm³/mol. The highest BCUT2D eigenvalue weighted by molar-refractivity contribution is 7.90. The highest BCUT2D eigenvalue weighted by atomic mass is 32.2. The summed E-state index contributed by atoms with van der Waals surface area (Å²) in [6, 6.07) is 5.15. The smallest absolute Gasteiger partial charge is 0.319 e. The summed E-state index contributed by atoms with van der Waals surface area (Å²) in [5, 5.41) is 13.7. The van der Waals surface area contributed by atoms with Gasteiger partial charge in [-0.05, 0) is 19.1 Å². The van der Waals surface area contributed by atoms with Crippen molar-refractivity contribution in [2.24, 2.45) is 0 Å².